The van der Waals surface area contributed by atoms with E-state index in [4.69, 9.17) is 18.9 Å². The molecule has 22 heteroatoms. The number of cyclic esters (lactones) is 1. The van der Waals surface area contributed by atoms with Gasteiger partial charge < -0.3 is 106 Å². The minimum atomic E-state index is -1.88. The van der Waals surface area contributed by atoms with E-state index in [9.17, 15) is 91.6 Å². The first-order valence-electron chi connectivity index (χ1n) is 29.9. The first kappa shape index (κ1) is 74.6. The van der Waals surface area contributed by atoms with E-state index in [1.54, 1.807) is 52.0 Å². The zero-order valence-corrected chi connectivity index (χ0v) is 50.1. The van der Waals surface area contributed by atoms with Crippen molar-refractivity contribution < 1.29 is 111 Å². The summed E-state index contributed by atoms with van der Waals surface area (Å²) < 4.78 is 23.1. The molecule has 0 aromatic rings. The summed E-state index contributed by atoms with van der Waals surface area (Å²) in [4.78, 5) is 13.5. The summed E-state index contributed by atoms with van der Waals surface area (Å²) in [6, 6.07) is 0. The predicted molar refractivity (Wildman–Crippen MR) is 306 cm³/mol. The lowest BCUT2D eigenvalue weighted by Crippen LogP contribution is -2.60. The topological polar surface area (TPSA) is 398 Å². The molecule has 482 valence electrons. The number of carbonyl (C=O) groups is 1. The van der Waals surface area contributed by atoms with E-state index in [-0.39, 0.29) is 43.1 Å². The molecular weight excluding hydrogens is 1080 g/mol. The lowest BCUT2D eigenvalue weighted by molar-refractivity contribution is -0.313. The van der Waals surface area contributed by atoms with Gasteiger partial charge in [-0.1, -0.05) is 97.1 Å². The molecule has 23 unspecified atom stereocenters. The molecule has 3 heterocycles. The fourth-order valence-electron chi connectivity index (χ4n) is 11.0. The van der Waals surface area contributed by atoms with Crippen molar-refractivity contribution in [3.63, 3.8) is 0 Å². The number of allylic oxidation sites excluding steroid dienone is 2. The molecule has 0 aromatic carbocycles. The van der Waals surface area contributed by atoms with Crippen LogP contribution in [-0.4, -0.2) is 228 Å². The van der Waals surface area contributed by atoms with Gasteiger partial charge in [-0.3, -0.25) is 0 Å². The van der Waals surface area contributed by atoms with E-state index >= 15 is 0 Å². The smallest absolute Gasteiger partial charge is 0.333 e. The SMILES string of the molecule is CC1=CCCC(C)C(O)C(C)C(O)CCC=CC(C)C(O)C=CC(C)C(O)C(C)=CC(O[C@H]2O[C@H](CO)[C@@H](O)[C@H](O)[C@@H]2O)C(O)CC(O)CC(O)CC(O)C(C)C(O)C(C)C(O)CC(O)CC(O)C=CCC(C(C)C2CCC(O)O2)OC1=O. The fourth-order valence-corrected chi connectivity index (χ4v) is 11.0. The average Bonchev–Trinajstić information content (AvgIpc) is 4.00. The van der Waals surface area contributed by atoms with Crippen molar-refractivity contribution in [2.75, 3.05) is 6.61 Å². The molecule has 3 aliphatic heterocycles. The third kappa shape index (κ3) is 24.1. The number of esters is 1. The Kier molecular flexibility index (Phi) is 32.9. The molecular formula is C61H106O22. The number of hydrogen-bond acceptors (Lipinski definition) is 22. The van der Waals surface area contributed by atoms with Gasteiger partial charge in [0.05, 0.1) is 86.0 Å². The van der Waals surface area contributed by atoms with Gasteiger partial charge in [-0.05, 0) is 76.7 Å². The van der Waals surface area contributed by atoms with Gasteiger partial charge in [-0.15, -0.1) is 0 Å². The molecule has 22 nitrogen and oxygen atoms in total. The van der Waals surface area contributed by atoms with Crippen LogP contribution in [0.15, 0.2) is 59.8 Å². The summed E-state index contributed by atoms with van der Waals surface area (Å²) in [6.07, 6.45) is -13.3. The van der Waals surface area contributed by atoms with Crippen molar-refractivity contribution >= 4 is 5.97 Å². The number of ether oxygens (including phenoxy) is 4. The van der Waals surface area contributed by atoms with Crippen molar-refractivity contribution in [2.24, 2.45) is 41.4 Å². The van der Waals surface area contributed by atoms with Gasteiger partial charge in [0.2, 0.25) is 0 Å². The third-order valence-corrected chi connectivity index (χ3v) is 17.3. The Balaban J connectivity index is 1.88. The maximum Gasteiger partial charge on any atom is 0.333 e. The van der Waals surface area contributed by atoms with Gasteiger partial charge in [0.25, 0.3) is 0 Å². The van der Waals surface area contributed by atoms with Crippen LogP contribution in [0.3, 0.4) is 0 Å². The minimum Gasteiger partial charge on any atom is -0.458 e. The summed E-state index contributed by atoms with van der Waals surface area (Å²) in [7, 11) is 0. The monoisotopic (exact) mass is 1190 g/mol. The highest BCUT2D eigenvalue weighted by molar-refractivity contribution is 5.87. The second-order valence-electron chi connectivity index (χ2n) is 24.4. The quantitative estimate of drug-likeness (QED) is 0.134. The van der Waals surface area contributed by atoms with Gasteiger partial charge >= 0.3 is 5.97 Å². The van der Waals surface area contributed by atoms with Crippen molar-refractivity contribution in [1.29, 1.82) is 0 Å². The number of hydrogen-bond donors (Lipinski definition) is 17. The van der Waals surface area contributed by atoms with Crippen molar-refractivity contribution in [1.82, 2.24) is 0 Å². The van der Waals surface area contributed by atoms with Gasteiger partial charge in [-0.2, -0.15) is 0 Å². The molecule has 2 fully saturated rings. The summed E-state index contributed by atoms with van der Waals surface area (Å²) in [5.41, 5.74) is 0.559. The van der Waals surface area contributed by atoms with Gasteiger partial charge in [-0.25, -0.2) is 4.79 Å². The summed E-state index contributed by atoms with van der Waals surface area (Å²) in [5, 5.41) is 185. The van der Waals surface area contributed by atoms with Crippen molar-refractivity contribution in [3.8, 4) is 0 Å². The molecule has 17 N–H and O–H groups in total. The third-order valence-electron chi connectivity index (χ3n) is 17.3. The maximum absolute atomic E-state index is 13.5. The predicted octanol–water partition coefficient (Wildman–Crippen LogP) is 0.840. The molecule has 0 spiro atoms. The molecule has 0 aliphatic carbocycles. The normalized spacial score (nSPS) is 44.1. The Bertz CT molecular complexity index is 2000. The van der Waals surface area contributed by atoms with Gasteiger partial charge in [0.15, 0.2) is 12.6 Å². The minimum absolute atomic E-state index is 0.148. The number of rotatable bonds is 5. The van der Waals surface area contributed by atoms with Crippen LogP contribution >= 0.6 is 0 Å². The van der Waals surface area contributed by atoms with E-state index in [2.05, 4.69) is 0 Å². The van der Waals surface area contributed by atoms with Crippen molar-refractivity contribution in [3.05, 3.63) is 59.8 Å². The van der Waals surface area contributed by atoms with Crippen LogP contribution in [-0.2, 0) is 23.7 Å². The molecule has 3 aliphatic rings. The Morgan fingerprint density at radius 3 is 1.75 bits per heavy atom. The van der Waals surface area contributed by atoms with Crippen LogP contribution in [0.4, 0.5) is 0 Å². The molecule has 28 atom stereocenters. The van der Waals surface area contributed by atoms with Crippen LogP contribution in [0.1, 0.15) is 139 Å². The second-order valence-corrected chi connectivity index (χ2v) is 24.4. The van der Waals surface area contributed by atoms with E-state index in [1.165, 1.54) is 39.0 Å². The van der Waals surface area contributed by atoms with Crippen molar-refractivity contribution in [2.45, 2.75) is 268 Å². The van der Waals surface area contributed by atoms with E-state index < -0.39 is 184 Å². The number of aliphatic hydroxyl groups is 17. The van der Waals surface area contributed by atoms with Crippen LogP contribution in [0.5, 0.6) is 0 Å². The molecule has 0 saturated carbocycles. The first-order chi connectivity index (χ1) is 38.9. The van der Waals surface area contributed by atoms with Crippen LogP contribution in [0, 0.1) is 41.4 Å². The van der Waals surface area contributed by atoms with Crippen LogP contribution in [0.2, 0.25) is 0 Å². The largest absolute Gasteiger partial charge is 0.458 e. The zero-order valence-electron chi connectivity index (χ0n) is 50.1. The standard InChI is InChI=1S/C61H106O22/c1-31-14-10-11-18-45(68)36(6)55(74)32(2)15-12-16-34(4)60(79)81-49(39(9)50-22-23-53(72)80-50)19-13-17-40(63)25-41(64)27-46(69)37(7)56(75)38(8)47(70)28-42(65)26-43(66)29-48(71)51(24-35(5)54(73)33(3)20-21-44(31)67)82-61-59(78)58(77)57(76)52(30-62)83-61/h10,13-14,16-17,20-21,24,31-33,36-59,61-78H,11-12,15,18-19,22-23,25-30H2,1-9H3/t31?,32?,33?,36?,37?,38?,39?,40?,41?,42?,43?,44?,45?,46?,47?,48?,49?,50?,51?,52-,53?,54?,55?,56?,57-,58+,59+,61+/m1/s1. The lowest BCUT2D eigenvalue weighted by Gasteiger charge is -2.41. The fraction of sp³-hybridized carbons (Fsp3) is 0.820. The Morgan fingerprint density at radius 2 is 1.16 bits per heavy atom. The highest BCUT2D eigenvalue weighted by Gasteiger charge is 2.46. The Hall–Kier alpha value is -2.63. The highest BCUT2D eigenvalue weighted by atomic mass is 16.7. The highest BCUT2D eigenvalue weighted by Crippen LogP contribution is 2.32. The van der Waals surface area contributed by atoms with Crippen LogP contribution < -0.4 is 0 Å². The number of aliphatic hydroxyl groups excluding tert-OH is 17. The van der Waals surface area contributed by atoms with E-state index in [0.717, 1.165) is 0 Å². The molecule has 83 heavy (non-hydrogen) atoms. The zero-order chi connectivity index (χ0) is 62.6. The summed E-state index contributed by atoms with van der Waals surface area (Å²) >= 11 is 0. The van der Waals surface area contributed by atoms with E-state index in [0.29, 0.717) is 44.1 Å². The van der Waals surface area contributed by atoms with Crippen LogP contribution in [0.25, 0.3) is 0 Å². The Labute approximate surface area is 490 Å². The average molecular weight is 1190 g/mol. The molecule has 0 bridgehead atoms. The summed E-state index contributed by atoms with van der Waals surface area (Å²) in [5.74, 6) is -4.60. The lowest BCUT2D eigenvalue weighted by atomic mass is 9.82. The second kappa shape index (κ2) is 36.6. The summed E-state index contributed by atoms with van der Waals surface area (Å²) in [6.45, 7) is 14.3. The Morgan fingerprint density at radius 1 is 0.566 bits per heavy atom. The van der Waals surface area contributed by atoms with E-state index in [1.807, 2.05) is 19.9 Å². The molecule has 2 saturated heterocycles. The first-order valence-corrected chi connectivity index (χ1v) is 29.9. The maximum atomic E-state index is 13.5. The van der Waals surface area contributed by atoms with Gasteiger partial charge in [0.1, 0.15) is 36.6 Å². The molecule has 0 amide bonds. The molecule has 0 radical (unpaired) electrons. The van der Waals surface area contributed by atoms with Gasteiger partial charge in [0, 0.05) is 66.8 Å². The number of carbonyl (C=O) groups excluding carboxylic acids is 1. The molecule has 3 rings (SSSR count). The molecule has 0 aromatic heterocycles.